The lowest BCUT2D eigenvalue weighted by Crippen LogP contribution is -2.24. The number of carbonyl (C=O) groups excluding carboxylic acids is 1. The molecule has 0 aliphatic carbocycles. The predicted molar refractivity (Wildman–Crippen MR) is 156 cm³/mol. The number of hydrogen-bond acceptors (Lipinski definition) is 3. The molecule has 1 aromatic heterocycles. The standard InChI is InChI=1S/C32H36ClN3O2/c1-2-12-25-13-5-8-16-30(25)38-24-11-10-23-36-29-15-7-6-14-28(29)35-31(36)17-4-3-9-22-34-32(37)26-18-20-27(33)21-19-26/h2,5-8,13-16,18-21H,1,3-4,9-12,17,22-24H2,(H,34,37). The fraction of sp³-hybridized carbons (Fsp3) is 0.312. The van der Waals surface area contributed by atoms with Crippen LogP contribution in [0.1, 0.15) is 53.8 Å². The number of aromatic nitrogens is 2. The van der Waals surface area contributed by atoms with Crippen molar-refractivity contribution in [1.29, 1.82) is 0 Å². The molecule has 38 heavy (non-hydrogen) atoms. The van der Waals surface area contributed by atoms with Crippen LogP contribution in [-0.2, 0) is 19.4 Å². The number of allylic oxidation sites excluding steroid dienone is 1. The van der Waals surface area contributed by atoms with Gasteiger partial charge in [0.25, 0.3) is 5.91 Å². The van der Waals surface area contributed by atoms with E-state index in [1.54, 1.807) is 24.3 Å². The number of aryl methyl sites for hydroxylation is 2. The average molecular weight is 530 g/mol. The third-order valence-corrected chi connectivity index (χ3v) is 6.83. The van der Waals surface area contributed by atoms with Crippen molar-refractivity contribution in [3.05, 3.63) is 107 Å². The van der Waals surface area contributed by atoms with Crippen LogP contribution in [0.15, 0.2) is 85.5 Å². The van der Waals surface area contributed by atoms with Crippen LogP contribution in [0, 0.1) is 0 Å². The van der Waals surface area contributed by atoms with Gasteiger partial charge in [0.1, 0.15) is 11.6 Å². The number of unbranched alkanes of at least 4 members (excludes halogenated alkanes) is 3. The van der Waals surface area contributed by atoms with E-state index >= 15 is 0 Å². The number of nitrogens with zero attached hydrogens (tertiary/aromatic N) is 2. The Kier molecular flexibility index (Phi) is 10.4. The summed E-state index contributed by atoms with van der Waals surface area (Å²) in [5, 5.41) is 3.62. The van der Waals surface area contributed by atoms with E-state index in [1.807, 2.05) is 30.3 Å². The third-order valence-electron chi connectivity index (χ3n) is 6.57. The molecule has 1 N–H and O–H groups in total. The number of halogens is 1. The van der Waals surface area contributed by atoms with Gasteiger partial charge in [0, 0.05) is 30.1 Å². The van der Waals surface area contributed by atoms with Gasteiger partial charge in [-0.1, -0.05) is 54.4 Å². The molecule has 1 amide bonds. The van der Waals surface area contributed by atoms with Crippen molar-refractivity contribution in [1.82, 2.24) is 14.9 Å². The van der Waals surface area contributed by atoms with Gasteiger partial charge in [-0.05, 0) is 80.1 Å². The molecule has 3 aromatic carbocycles. The van der Waals surface area contributed by atoms with Crippen LogP contribution in [0.5, 0.6) is 5.75 Å². The molecule has 4 aromatic rings. The zero-order valence-electron chi connectivity index (χ0n) is 21.9. The van der Waals surface area contributed by atoms with Gasteiger partial charge >= 0.3 is 0 Å². The predicted octanol–water partition coefficient (Wildman–Crippen LogP) is 7.42. The monoisotopic (exact) mass is 529 g/mol. The summed E-state index contributed by atoms with van der Waals surface area (Å²) in [7, 11) is 0. The van der Waals surface area contributed by atoms with Crippen molar-refractivity contribution in [2.75, 3.05) is 13.2 Å². The highest BCUT2D eigenvalue weighted by Gasteiger charge is 2.11. The number of rotatable bonds is 15. The van der Waals surface area contributed by atoms with Gasteiger partial charge in [0.15, 0.2) is 0 Å². The van der Waals surface area contributed by atoms with Crippen molar-refractivity contribution < 1.29 is 9.53 Å². The van der Waals surface area contributed by atoms with E-state index < -0.39 is 0 Å². The Morgan fingerprint density at radius 2 is 1.74 bits per heavy atom. The molecule has 1 heterocycles. The first-order chi connectivity index (χ1) is 18.7. The molecule has 6 heteroatoms. The molecule has 0 bridgehead atoms. The number of amides is 1. The highest BCUT2D eigenvalue weighted by atomic mass is 35.5. The van der Waals surface area contributed by atoms with Crippen molar-refractivity contribution >= 4 is 28.5 Å². The average Bonchev–Trinajstić information content (AvgIpc) is 3.29. The first kappa shape index (κ1) is 27.5. The van der Waals surface area contributed by atoms with Gasteiger partial charge in [-0.3, -0.25) is 4.79 Å². The van der Waals surface area contributed by atoms with E-state index in [4.69, 9.17) is 21.3 Å². The Hall–Kier alpha value is -3.57. The number of hydrogen-bond donors (Lipinski definition) is 1. The third kappa shape index (κ3) is 7.72. The highest BCUT2D eigenvalue weighted by Crippen LogP contribution is 2.21. The van der Waals surface area contributed by atoms with Crippen LogP contribution < -0.4 is 10.1 Å². The smallest absolute Gasteiger partial charge is 0.251 e. The van der Waals surface area contributed by atoms with Crippen molar-refractivity contribution in [3.63, 3.8) is 0 Å². The summed E-state index contributed by atoms with van der Waals surface area (Å²) in [4.78, 5) is 17.2. The second kappa shape index (κ2) is 14.4. The fourth-order valence-electron chi connectivity index (χ4n) is 4.58. The van der Waals surface area contributed by atoms with Crippen LogP contribution in [0.2, 0.25) is 5.02 Å². The number of benzene rings is 3. The molecule has 198 valence electrons. The minimum Gasteiger partial charge on any atom is -0.493 e. The zero-order chi connectivity index (χ0) is 26.6. The summed E-state index contributed by atoms with van der Waals surface area (Å²) in [5.41, 5.74) is 4.05. The maximum Gasteiger partial charge on any atom is 0.251 e. The molecule has 0 atom stereocenters. The Balaban J connectivity index is 1.22. The molecule has 4 rings (SSSR count). The van der Waals surface area contributed by atoms with Gasteiger partial charge in [-0.25, -0.2) is 4.98 Å². The van der Waals surface area contributed by atoms with Crippen LogP contribution in [-0.4, -0.2) is 28.6 Å². The topological polar surface area (TPSA) is 56.1 Å². The van der Waals surface area contributed by atoms with Crippen LogP contribution in [0.4, 0.5) is 0 Å². The minimum atomic E-state index is -0.0587. The summed E-state index contributed by atoms with van der Waals surface area (Å²) >= 11 is 5.90. The highest BCUT2D eigenvalue weighted by molar-refractivity contribution is 6.30. The van der Waals surface area contributed by atoms with Crippen LogP contribution >= 0.6 is 11.6 Å². The molecular weight excluding hydrogens is 494 g/mol. The van der Waals surface area contributed by atoms with E-state index in [1.165, 1.54) is 11.1 Å². The SMILES string of the molecule is C=CCc1ccccc1OCCCCn1c(CCCCCNC(=O)c2ccc(Cl)cc2)nc2ccccc21. The molecule has 0 saturated carbocycles. The van der Waals surface area contributed by atoms with E-state index in [9.17, 15) is 4.79 Å². The number of ether oxygens (including phenoxy) is 1. The summed E-state index contributed by atoms with van der Waals surface area (Å²) < 4.78 is 8.44. The molecule has 0 aliphatic heterocycles. The summed E-state index contributed by atoms with van der Waals surface area (Å²) in [6, 6.07) is 23.5. The normalized spacial score (nSPS) is 11.0. The largest absolute Gasteiger partial charge is 0.493 e. The van der Waals surface area contributed by atoms with Gasteiger partial charge in [0.05, 0.1) is 17.6 Å². The van der Waals surface area contributed by atoms with Crippen molar-refractivity contribution in [2.24, 2.45) is 0 Å². The number of para-hydroxylation sites is 3. The first-order valence-corrected chi connectivity index (χ1v) is 13.8. The maximum atomic E-state index is 12.2. The summed E-state index contributed by atoms with van der Waals surface area (Å²) in [5.74, 6) is 2.02. The van der Waals surface area contributed by atoms with Crippen LogP contribution in [0.3, 0.4) is 0 Å². The van der Waals surface area contributed by atoms with Crippen molar-refractivity contribution in [2.45, 2.75) is 51.5 Å². The maximum absolute atomic E-state index is 12.2. The van der Waals surface area contributed by atoms with E-state index in [0.717, 1.165) is 68.6 Å². The lowest BCUT2D eigenvalue weighted by molar-refractivity contribution is 0.0953. The van der Waals surface area contributed by atoms with Crippen molar-refractivity contribution in [3.8, 4) is 5.75 Å². The summed E-state index contributed by atoms with van der Waals surface area (Å²) in [6.07, 6.45) is 8.64. The Labute approximate surface area is 230 Å². The summed E-state index contributed by atoms with van der Waals surface area (Å²) in [6.45, 7) is 6.11. The second-order valence-corrected chi connectivity index (χ2v) is 9.83. The molecule has 0 aliphatic rings. The quantitative estimate of drug-likeness (QED) is 0.129. The number of fused-ring (bicyclic) bond motifs is 1. The Morgan fingerprint density at radius 3 is 2.58 bits per heavy atom. The Bertz CT molecular complexity index is 1330. The van der Waals surface area contributed by atoms with Gasteiger partial charge in [0.2, 0.25) is 0 Å². The molecule has 0 unspecified atom stereocenters. The minimum absolute atomic E-state index is 0.0587. The second-order valence-electron chi connectivity index (χ2n) is 9.40. The van der Waals surface area contributed by atoms with E-state index in [2.05, 4.69) is 40.7 Å². The zero-order valence-corrected chi connectivity index (χ0v) is 22.6. The molecule has 0 spiro atoms. The molecule has 5 nitrogen and oxygen atoms in total. The number of nitrogens with one attached hydrogen (secondary N) is 1. The molecule has 0 radical (unpaired) electrons. The molecule has 0 fully saturated rings. The van der Waals surface area contributed by atoms with E-state index in [-0.39, 0.29) is 5.91 Å². The lowest BCUT2D eigenvalue weighted by atomic mass is 10.1. The fourth-order valence-corrected chi connectivity index (χ4v) is 4.70. The number of carbonyl (C=O) groups is 1. The van der Waals surface area contributed by atoms with E-state index in [0.29, 0.717) is 23.7 Å². The first-order valence-electron chi connectivity index (χ1n) is 13.4. The number of imidazole rings is 1. The molecular formula is C32H36ClN3O2. The Morgan fingerprint density at radius 1 is 0.947 bits per heavy atom. The molecule has 0 saturated heterocycles. The van der Waals surface area contributed by atoms with Gasteiger partial charge < -0.3 is 14.6 Å². The van der Waals surface area contributed by atoms with Crippen LogP contribution in [0.25, 0.3) is 11.0 Å². The lowest BCUT2D eigenvalue weighted by Gasteiger charge is -2.12. The van der Waals surface area contributed by atoms with Gasteiger partial charge in [-0.15, -0.1) is 6.58 Å². The van der Waals surface area contributed by atoms with Gasteiger partial charge in [-0.2, -0.15) is 0 Å².